The fourth-order valence-electron chi connectivity index (χ4n) is 2.39. The SMILES string of the molecule is CN(CCCc1cc(-c2ccccc2)no1)C(=O)c1ccc(Br)s1. The lowest BCUT2D eigenvalue weighted by Crippen LogP contribution is -2.27. The summed E-state index contributed by atoms with van der Waals surface area (Å²) in [5, 5.41) is 4.11. The molecule has 2 aromatic heterocycles. The van der Waals surface area contributed by atoms with Crippen LogP contribution in [0, 0.1) is 0 Å². The number of amides is 1. The minimum atomic E-state index is 0.0493. The number of nitrogens with zero attached hydrogens (tertiary/aromatic N) is 2. The molecule has 0 bridgehead atoms. The van der Waals surface area contributed by atoms with Gasteiger partial charge in [0.25, 0.3) is 5.91 Å². The fourth-order valence-corrected chi connectivity index (χ4v) is 3.77. The van der Waals surface area contributed by atoms with Gasteiger partial charge in [0, 0.05) is 31.6 Å². The first-order valence-electron chi connectivity index (χ1n) is 7.65. The monoisotopic (exact) mass is 404 g/mol. The lowest BCUT2D eigenvalue weighted by molar-refractivity contribution is 0.0797. The number of rotatable bonds is 6. The molecule has 3 rings (SSSR count). The molecule has 0 spiro atoms. The van der Waals surface area contributed by atoms with Crippen LogP contribution >= 0.6 is 27.3 Å². The molecule has 1 aromatic carbocycles. The minimum absolute atomic E-state index is 0.0493. The van der Waals surface area contributed by atoms with E-state index in [4.69, 9.17) is 4.52 Å². The topological polar surface area (TPSA) is 46.3 Å². The Labute approximate surface area is 153 Å². The lowest BCUT2D eigenvalue weighted by Gasteiger charge is -2.15. The largest absolute Gasteiger partial charge is 0.361 e. The van der Waals surface area contributed by atoms with Crippen LogP contribution in [0.1, 0.15) is 21.9 Å². The zero-order valence-electron chi connectivity index (χ0n) is 13.2. The predicted molar refractivity (Wildman–Crippen MR) is 99.2 cm³/mol. The summed E-state index contributed by atoms with van der Waals surface area (Å²) in [4.78, 5) is 14.8. The van der Waals surface area contributed by atoms with Gasteiger partial charge in [-0.15, -0.1) is 11.3 Å². The van der Waals surface area contributed by atoms with E-state index in [0.29, 0.717) is 6.54 Å². The van der Waals surface area contributed by atoms with E-state index in [1.54, 1.807) is 4.90 Å². The van der Waals surface area contributed by atoms with Gasteiger partial charge >= 0.3 is 0 Å². The third kappa shape index (κ3) is 4.13. The third-order valence-electron chi connectivity index (χ3n) is 3.68. The number of benzene rings is 1. The highest BCUT2D eigenvalue weighted by atomic mass is 79.9. The van der Waals surface area contributed by atoms with E-state index >= 15 is 0 Å². The van der Waals surface area contributed by atoms with Crippen LogP contribution in [0.25, 0.3) is 11.3 Å². The van der Waals surface area contributed by atoms with Crippen molar-refractivity contribution in [3.05, 3.63) is 63.0 Å². The summed E-state index contributed by atoms with van der Waals surface area (Å²) in [7, 11) is 1.83. The smallest absolute Gasteiger partial charge is 0.263 e. The van der Waals surface area contributed by atoms with Crippen molar-refractivity contribution in [2.75, 3.05) is 13.6 Å². The molecule has 0 aliphatic carbocycles. The van der Waals surface area contributed by atoms with Crippen molar-refractivity contribution in [2.24, 2.45) is 0 Å². The summed E-state index contributed by atoms with van der Waals surface area (Å²) in [5.74, 6) is 0.891. The van der Waals surface area contributed by atoms with Gasteiger partial charge in [-0.1, -0.05) is 35.5 Å². The molecule has 0 fully saturated rings. The lowest BCUT2D eigenvalue weighted by atomic mass is 10.1. The number of carbonyl (C=O) groups excluding carboxylic acids is 1. The van der Waals surface area contributed by atoms with Crippen LogP contribution in [0.2, 0.25) is 0 Å². The number of carbonyl (C=O) groups is 1. The molecule has 6 heteroatoms. The van der Waals surface area contributed by atoms with Gasteiger partial charge in [0.2, 0.25) is 0 Å². The first-order valence-corrected chi connectivity index (χ1v) is 9.26. The maximum absolute atomic E-state index is 12.3. The maximum Gasteiger partial charge on any atom is 0.263 e. The van der Waals surface area contributed by atoms with Gasteiger partial charge in [0.05, 0.1) is 8.66 Å². The maximum atomic E-state index is 12.3. The first kappa shape index (κ1) is 16.9. The van der Waals surface area contributed by atoms with Crippen molar-refractivity contribution in [1.29, 1.82) is 0 Å². The second-order valence-corrected chi connectivity index (χ2v) is 7.94. The van der Waals surface area contributed by atoms with Crippen LogP contribution < -0.4 is 0 Å². The van der Waals surface area contributed by atoms with Crippen LogP contribution in [-0.2, 0) is 6.42 Å². The second-order valence-electron chi connectivity index (χ2n) is 5.48. The number of halogens is 1. The number of aryl methyl sites for hydroxylation is 1. The molecule has 0 saturated carbocycles. The second kappa shape index (κ2) is 7.77. The normalized spacial score (nSPS) is 10.8. The van der Waals surface area contributed by atoms with Gasteiger partial charge in [-0.25, -0.2) is 0 Å². The molecule has 0 saturated heterocycles. The molecule has 4 nitrogen and oxygen atoms in total. The Hall–Kier alpha value is -1.92. The van der Waals surface area contributed by atoms with Gasteiger partial charge in [-0.3, -0.25) is 4.79 Å². The van der Waals surface area contributed by atoms with Crippen molar-refractivity contribution in [1.82, 2.24) is 10.1 Å². The van der Waals surface area contributed by atoms with Crippen molar-refractivity contribution < 1.29 is 9.32 Å². The minimum Gasteiger partial charge on any atom is -0.361 e. The van der Waals surface area contributed by atoms with Crippen LogP contribution in [0.3, 0.4) is 0 Å². The van der Waals surface area contributed by atoms with Gasteiger partial charge in [-0.2, -0.15) is 0 Å². The standard InChI is InChI=1S/C18H17BrN2O2S/c1-21(18(22)16-9-10-17(19)24-16)11-5-8-14-12-15(20-23-14)13-6-3-2-4-7-13/h2-4,6-7,9-10,12H,5,8,11H2,1H3. The van der Waals surface area contributed by atoms with Crippen molar-refractivity contribution in [3.8, 4) is 11.3 Å². The molecule has 0 aliphatic heterocycles. The predicted octanol–water partition coefficient (Wildman–Crippen LogP) is 4.87. The van der Waals surface area contributed by atoms with Crippen LogP contribution in [0.5, 0.6) is 0 Å². The summed E-state index contributed by atoms with van der Waals surface area (Å²) in [5.41, 5.74) is 1.89. The molecule has 3 aromatic rings. The zero-order valence-corrected chi connectivity index (χ0v) is 15.6. The molecule has 0 N–H and O–H groups in total. The molecule has 0 aliphatic rings. The Morgan fingerprint density at radius 3 is 2.75 bits per heavy atom. The van der Waals surface area contributed by atoms with Gasteiger partial charge in [0.1, 0.15) is 11.5 Å². The molecule has 24 heavy (non-hydrogen) atoms. The molecule has 1 amide bonds. The van der Waals surface area contributed by atoms with E-state index in [0.717, 1.165) is 38.5 Å². The van der Waals surface area contributed by atoms with E-state index in [2.05, 4.69) is 21.1 Å². The highest BCUT2D eigenvalue weighted by molar-refractivity contribution is 9.11. The zero-order chi connectivity index (χ0) is 16.9. The number of aromatic nitrogens is 1. The Morgan fingerprint density at radius 1 is 1.25 bits per heavy atom. The van der Waals surface area contributed by atoms with E-state index in [1.807, 2.05) is 55.6 Å². The summed E-state index contributed by atoms with van der Waals surface area (Å²) in [6, 6.07) is 15.7. The van der Waals surface area contributed by atoms with E-state index in [-0.39, 0.29) is 5.91 Å². The molecular formula is C18H17BrN2O2S. The Bertz CT molecular complexity index is 813. The Balaban J connectivity index is 1.51. The fraction of sp³-hybridized carbons (Fsp3) is 0.222. The van der Waals surface area contributed by atoms with Gasteiger partial charge in [0.15, 0.2) is 0 Å². The average Bonchev–Trinajstić information content (AvgIpc) is 3.24. The van der Waals surface area contributed by atoms with E-state index < -0.39 is 0 Å². The summed E-state index contributed by atoms with van der Waals surface area (Å²) < 4.78 is 6.36. The first-order chi connectivity index (χ1) is 11.6. The molecule has 0 atom stereocenters. The van der Waals surface area contributed by atoms with Crippen molar-refractivity contribution in [3.63, 3.8) is 0 Å². The molecule has 0 unspecified atom stereocenters. The number of hydrogen-bond acceptors (Lipinski definition) is 4. The van der Waals surface area contributed by atoms with Gasteiger partial charge in [-0.05, 0) is 34.5 Å². The van der Waals surface area contributed by atoms with Crippen LogP contribution in [-0.4, -0.2) is 29.6 Å². The average molecular weight is 405 g/mol. The summed E-state index contributed by atoms with van der Waals surface area (Å²) >= 11 is 4.83. The summed E-state index contributed by atoms with van der Waals surface area (Å²) in [6.45, 7) is 0.676. The van der Waals surface area contributed by atoms with Crippen molar-refractivity contribution >= 4 is 33.2 Å². The molecular weight excluding hydrogens is 388 g/mol. The summed E-state index contributed by atoms with van der Waals surface area (Å²) in [6.07, 6.45) is 1.59. The van der Waals surface area contributed by atoms with E-state index in [1.165, 1.54) is 11.3 Å². The molecule has 0 radical (unpaired) electrons. The van der Waals surface area contributed by atoms with E-state index in [9.17, 15) is 4.79 Å². The van der Waals surface area contributed by atoms with Crippen LogP contribution in [0.15, 0.2) is 56.8 Å². The Morgan fingerprint density at radius 2 is 2.04 bits per heavy atom. The molecule has 124 valence electrons. The quantitative estimate of drug-likeness (QED) is 0.588. The highest BCUT2D eigenvalue weighted by Crippen LogP contribution is 2.23. The Kier molecular flexibility index (Phi) is 5.48. The van der Waals surface area contributed by atoms with Crippen molar-refractivity contribution in [2.45, 2.75) is 12.8 Å². The molecule has 2 heterocycles. The highest BCUT2D eigenvalue weighted by Gasteiger charge is 2.14. The van der Waals surface area contributed by atoms with Crippen LogP contribution in [0.4, 0.5) is 0 Å². The van der Waals surface area contributed by atoms with Gasteiger partial charge < -0.3 is 9.42 Å². The third-order valence-corrected chi connectivity index (χ3v) is 5.29. The number of thiophene rings is 1. The number of hydrogen-bond donors (Lipinski definition) is 0.